The lowest BCUT2D eigenvalue weighted by Crippen LogP contribution is -2.37. The lowest BCUT2D eigenvalue weighted by molar-refractivity contribution is 0.198. The van der Waals surface area contributed by atoms with E-state index < -0.39 is 0 Å². The van der Waals surface area contributed by atoms with Gasteiger partial charge in [0.25, 0.3) is 0 Å². The number of nitrogens with zero attached hydrogens (tertiary/aromatic N) is 2. The Morgan fingerprint density at radius 3 is 1.86 bits per heavy atom. The minimum Gasteiger partial charge on any atom is -0.496 e. The highest BCUT2D eigenvalue weighted by molar-refractivity contribution is 5.72. The summed E-state index contributed by atoms with van der Waals surface area (Å²) in [5, 5.41) is 9.09. The average molecular weight is 382 g/mol. The van der Waals surface area contributed by atoms with E-state index in [1.165, 1.54) is 5.56 Å². The van der Waals surface area contributed by atoms with Gasteiger partial charge in [0.2, 0.25) is 11.1 Å². The Morgan fingerprint density at radius 2 is 1.39 bits per heavy atom. The second-order valence-electron chi connectivity index (χ2n) is 7.80. The third-order valence-corrected chi connectivity index (χ3v) is 6.67. The van der Waals surface area contributed by atoms with E-state index in [-0.39, 0.29) is 5.41 Å². The Balaban J connectivity index is 2.60. The summed E-state index contributed by atoms with van der Waals surface area (Å²) in [6.45, 7) is 11.6. The molecule has 0 N–H and O–H groups in total. The Hall–Kier alpha value is -2.54. The number of hydrogen-bond donors (Lipinski definition) is 0. The molecule has 28 heavy (non-hydrogen) atoms. The molecule has 0 fully saturated rings. The number of methoxy groups -OCH3 is 2. The van der Waals surface area contributed by atoms with Crippen molar-refractivity contribution in [2.24, 2.45) is 11.8 Å². The van der Waals surface area contributed by atoms with Crippen LogP contribution in [0.5, 0.6) is 11.5 Å². The van der Waals surface area contributed by atoms with Gasteiger partial charge in [0.1, 0.15) is 5.75 Å². The Bertz CT molecular complexity index is 844. The highest BCUT2D eigenvalue weighted by atomic mass is 16.5. The smallest absolute Gasteiger partial charge is 0.426 e. The molecule has 0 bridgehead atoms. The predicted octanol–water partition coefficient (Wildman–Crippen LogP) is 7.21. The molecule has 0 aliphatic rings. The largest absolute Gasteiger partial charge is 0.496 e. The molecule has 0 aromatic heterocycles. The standard InChI is InChI=1S/C24H33N2O2/c1-8-16(3)24(5,17(4)9-2)20-12-10-18(14-22(20)27-6)19-11-13-21(26-25)23(15-19)28-7/h10-17H,8-9H2,1-7H3/q+1. The molecule has 4 heteroatoms. The molecule has 150 valence electrons. The van der Waals surface area contributed by atoms with Crippen LogP contribution in [-0.2, 0) is 5.41 Å². The molecule has 0 amide bonds. The quantitative estimate of drug-likeness (QED) is 0.454. The van der Waals surface area contributed by atoms with E-state index in [1.807, 2.05) is 12.1 Å². The molecule has 0 aliphatic heterocycles. The van der Waals surface area contributed by atoms with Crippen molar-refractivity contribution < 1.29 is 9.47 Å². The third-order valence-electron chi connectivity index (χ3n) is 6.67. The van der Waals surface area contributed by atoms with Gasteiger partial charge in [-0.1, -0.05) is 59.6 Å². The van der Waals surface area contributed by atoms with Crippen LogP contribution in [0.15, 0.2) is 36.4 Å². The average Bonchev–Trinajstić information content (AvgIpc) is 2.76. The van der Waals surface area contributed by atoms with Gasteiger partial charge in [-0.05, 0) is 41.2 Å². The summed E-state index contributed by atoms with van der Waals surface area (Å²) < 4.78 is 11.2. The van der Waals surface area contributed by atoms with E-state index in [2.05, 4.69) is 57.8 Å². The lowest BCUT2D eigenvalue weighted by atomic mass is 9.63. The van der Waals surface area contributed by atoms with Crippen molar-refractivity contribution in [3.05, 3.63) is 46.9 Å². The molecular weight excluding hydrogens is 348 g/mol. The molecule has 2 atom stereocenters. The van der Waals surface area contributed by atoms with Crippen LogP contribution >= 0.6 is 0 Å². The lowest BCUT2D eigenvalue weighted by Gasteiger charge is -2.42. The zero-order chi connectivity index (χ0) is 20.9. The van der Waals surface area contributed by atoms with Gasteiger partial charge in [-0.2, -0.15) is 0 Å². The summed E-state index contributed by atoms with van der Waals surface area (Å²) in [6, 6.07) is 12.0. The molecule has 2 unspecified atom stereocenters. The molecular formula is C24H33N2O2+. The summed E-state index contributed by atoms with van der Waals surface area (Å²) in [5.41, 5.74) is 3.74. The van der Waals surface area contributed by atoms with Gasteiger partial charge in [-0.15, -0.1) is 0 Å². The normalized spacial score (nSPS) is 15.2. The van der Waals surface area contributed by atoms with Crippen LogP contribution < -0.4 is 9.47 Å². The first-order chi connectivity index (χ1) is 13.4. The second-order valence-corrected chi connectivity index (χ2v) is 7.80. The van der Waals surface area contributed by atoms with Gasteiger partial charge < -0.3 is 9.47 Å². The molecule has 2 aromatic carbocycles. The van der Waals surface area contributed by atoms with Crippen LogP contribution in [0.2, 0.25) is 0 Å². The van der Waals surface area contributed by atoms with E-state index in [0.29, 0.717) is 23.3 Å². The molecule has 0 aliphatic carbocycles. The summed E-state index contributed by atoms with van der Waals surface area (Å²) in [6.07, 6.45) is 2.24. The molecule has 0 radical (unpaired) electrons. The van der Waals surface area contributed by atoms with Crippen molar-refractivity contribution in [3.8, 4) is 22.6 Å². The Morgan fingerprint density at radius 1 is 0.893 bits per heavy atom. The number of ether oxygens (including phenoxy) is 2. The molecule has 4 nitrogen and oxygen atoms in total. The SMILES string of the molecule is CCC(C)C(C)(c1ccc(-c2ccc([N+]#N)c(OC)c2)cc1OC)C(C)CC. The van der Waals surface area contributed by atoms with Crippen molar-refractivity contribution in [1.82, 2.24) is 0 Å². The predicted molar refractivity (Wildman–Crippen MR) is 116 cm³/mol. The van der Waals surface area contributed by atoms with Crippen LogP contribution in [0.4, 0.5) is 5.69 Å². The number of rotatable bonds is 8. The minimum atomic E-state index is 0.0324. The highest BCUT2D eigenvalue weighted by Gasteiger charge is 2.38. The van der Waals surface area contributed by atoms with Gasteiger partial charge in [0.05, 0.1) is 14.2 Å². The van der Waals surface area contributed by atoms with Crippen molar-refractivity contribution in [1.29, 1.82) is 5.39 Å². The Labute approximate surface area is 169 Å². The molecule has 0 spiro atoms. The van der Waals surface area contributed by atoms with Crippen molar-refractivity contribution in [2.75, 3.05) is 14.2 Å². The fourth-order valence-electron chi connectivity index (χ4n) is 4.12. The third kappa shape index (κ3) is 3.85. The first-order valence-electron chi connectivity index (χ1n) is 10.1. The van der Waals surface area contributed by atoms with Crippen LogP contribution in [0.25, 0.3) is 16.1 Å². The number of hydrogen-bond acceptors (Lipinski definition) is 3. The van der Waals surface area contributed by atoms with Crippen molar-refractivity contribution >= 4 is 5.69 Å². The van der Waals surface area contributed by atoms with Gasteiger partial charge in [0, 0.05) is 17.0 Å². The van der Waals surface area contributed by atoms with Crippen LogP contribution in [0, 0.1) is 17.2 Å². The van der Waals surface area contributed by atoms with E-state index in [9.17, 15) is 0 Å². The molecule has 0 saturated heterocycles. The van der Waals surface area contributed by atoms with E-state index in [1.54, 1.807) is 20.3 Å². The highest BCUT2D eigenvalue weighted by Crippen LogP contribution is 2.47. The fraction of sp³-hybridized carbons (Fsp3) is 0.500. The van der Waals surface area contributed by atoms with Crippen LogP contribution in [0.1, 0.15) is 53.0 Å². The van der Waals surface area contributed by atoms with Gasteiger partial charge in [-0.25, -0.2) is 0 Å². The summed E-state index contributed by atoms with van der Waals surface area (Å²) in [7, 11) is 3.31. The number of diazo groups is 1. The fourth-order valence-corrected chi connectivity index (χ4v) is 4.12. The molecule has 2 aromatic rings. The Kier molecular flexibility index (Phi) is 7.07. The number of benzene rings is 2. The monoisotopic (exact) mass is 381 g/mol. The maximum absolute atomic E-state index is 9.09. The van der Waals surface area contributed by atoms with Gasteiger partial charge in [0.15, 0.2) is 4.98 Å². The zero-order valence-electron chi connectivity index (χ0n) is 18.2. The van der Waals surface area contributed by atoms with Crippen molar-refractivity contribution in [3.63, 3.8) is 0 Å². The van der Waals surface area contributed by atoms with E-state index in [4.69, 9.17) is 14.9 Å². The van der Waals surface area contributed by atoms with Gasteiger partial charge >= 0.3 is 5.69 Å². The topological polar surface area (TPSA) is 46.6 Å². The summed E-state index contributed by atoms with van der Waals surface area (Å²) >= 11 is 0. The summed E-state index contributed by atoms with van der Waals surface area (Å²) in [4.78, 5) is 3.26. The van der Waals surface area contributed by atoms with Crippen LogP contribution in [-0.4, -0.2) is 14.2 Å². The molecule has 0 heterocycles. The molecule has 2 rings (SSSR count). The molecule has 0 saturated carbocycles. The minimum absolute atomic E-state index is 0.0324. The van der Waals surface area contributed by atoms with Gasteiger partial charge in [-0.3, -0.25) is 0 Å². The van der Waals surface area contributed by atoms with E-state index >= 15 is 0 Å². The zero-order valence-corrected chi connectivity index (χ0v) is 18.2. The van der Waals surface area contributed by atoms with Crippen LogP contribution in [0.3, 0.4) is 0 Å². The maximum atomic E-state index is 9.09. The first-order valence-corrected chi connectivity index (χ1v) is 10.1. The maximum Gasteiger partial charge on any atom is 0.426 e. The second kappa shape index (κ2) is 9.10. The van der Waals surface area contributed by atoms with Crippen molar-refractivity contribution in [2.45, 2.75) is 52.9 Å². The summed E-state index contributed by atoms with van der Waals surface area (Å²) in [5.74, 6) is 2.52. The first kappa shape index (κ1) is 21.8. The van der Waals surface area contributed by atoms with E-state index in [0.717, 1.165) is 29.7 Å².